The summed E-state index contributed by atoms with van der Waals surface area (Å²) in [7, 11) is 0. The first-order valence-corrected chi connectivity index (χ1v) is 9.15. The molecule has 2 aromatic carbocycles. The summed E-state index contributed by atoms with van der Waals surface area (Å²) < 4.78 is 21.8. The van der Waals surface area contributed by atoms with Crippen LogP contribution in [0.1, 0.15) is 19.4 Å². The molecule has 0 aliphatic rings. The van der Waals surface area contributed by atoms with Crippen LogP contribution < -0.4 is 14.8 Å². The minimum atomic E-state index is 0.565. The summed E-state index contributed by atoms with van der Waals surface area (Å²) in [5.41, 5.74) is 2.21. The second kappa shape index (κ2) is 12.2. The number of hydrogen-bond acceptors (Lipinski definition) is 5. The molecular formula is C21H29NO4. The van der Waals surface area contributed by atoms with Crippen molar-refractivity contribution in [1.82, 2.24) is 0 Å². The highest BCUT2D eigenvalue weighted by Crippen LogP contribution is 2.18. The van der Waals surface area contributed by atoms with E-state index in [2.05, 4.69) is 11.4 Å². The Morgan fingerprint density at radius 1 is 0.731 bits per heavy atom. The van der Waals surface area contributed by atoms with Gasteiger partial charge in [0.05, 0.1) is 13.2 Å². The lowest BCUT2D eigenvalue weighted by Gasteiger charge is -2.11. The van der Waals surface area contributed by atoms with Gasteiger partial charge >= 0.3 is 0 Å². The van der Waals surface area contributed by atoms with Crippen LogP contribution in [-0.2, 0) is 16.0 Å². The van der Waals surface area contributed by atoms with Crippen LogP contribution in [0, 0.1) is 0 Å². The Morgan fingerprint density at radius 3 is 2.04 bits per heavy atom. The number of nitrogens with one attached hydrogen (secondary N) is 1. The van der Waals surface area contributed by atoms with Crippen molar-refractivity contribution in [2.75, 3.05) is 45.0 Å². The minimum Gasteiger partial charge on any atom is -0.491 e. The van der Waals surface area contributed by atoms with E-state index in [1.165, 1.54) is 0 Å². The van der Waals surface area contributed by atoms with Crippen LogP contribution in [0.3, 0.4) is 0 Å². The van der Waals surface area contributed by atoms with Gasteiger partial charge in [-0.05, 0) is 55.8 Å². The Morgan fingerprint density at radius 2 is 1.38 bits per heavy atom. The van der Waals surface area contributed by atoms with Crippen molar-refractivity contribution in [2.45, 2.75) is 20.4 Å². The summed E-state index contributed by atoms with van der Waals surface area (Å²) in [6.45, 7) is 8.46. The van der Waals surface area contributed by atoms with Crippen molar-refractivity contribution in [3.63, 3.8) is 0 Å². The number of hydrogen-bond donors (Lipinski definition) is 1. The van der Waals surface area contributed by atoms with Crippen LogP contribution in [0.25, 0.3) is 0 Å². The number of rotatable bonds is 13. The summed E-state index contributed by atoms with van der Waals surface area (Å²) in [5.74, 6) is 1.71. The van der Waals surface area contributed by atoms with Crippen molar-refractivity contribution in [3.05, 3.63) is 54.1 Å². The van der Waals surface area contributed by atoms with Crippen LogP contribution in [-0.4, -0.2) is 39.6 Å². The molecule has 0 unspecified atom stereocenters. The van der Waals surface area contributed by atoms with Gasteiger partial charge < -0.3 is 24.3 Å². The molecule has 0 saturated heterocycles. The highest BCUT2D eigenvalue weighted by molar-refractivity contribution is 5.47. The lowest BCUT2D eigenvalue weighted by atomic mass is 10.2. The van der Waals surface area contributed by atoms with E-state index in [-0.39, 0.29) is 0 Å². The molecule has 0 aliphatic carbocycles. The standard InChI is InChI=1S/C21H29NO4/c1-3-23-12-14-25-20-10-8-19(9-11-20)22-17-18-6-5-7-21(16-18)26-15-13-24-4-2/h5-11,16,22H,3-4,12-15,17H2,1-2H3. The molecule has 26 heavy (non-hydrogen) atoms. The van der Waals surface area contributed by atoms with E-state index in [0.717, 1.165) is 29.3 Å². The maximum Gasteiger partial charge on any atom is 0.119 e. The molecule has 0 fully saturated rings. The van der Waals surface area contributed by atoms with Gasteiger partial charge in [0.2, 0.25) is 0 Å². The van der Waals surface area contributed by atoms with E-state index in [4.69, 9.17) is 18.9 Å². The number of anilines is 1. The smallest absolute Gasteiger partial charge is 0.119 e. The first kappa shape index (κ1) is 20.1. The van der Waals surface area contributed by atoms with E-state index in [9.17, 15) is 0 Å². The van der Waals surface area contributed by atoms with Crippen LogP contribution in [0.15, 0.2) is 48.5 Å². The van der Waals surface area contributed by atoms with Gasteiger partial charge in [0.15, 0.2) is 0 Å². The highest BCUT2D eigenvalue weighted by Gasteiger charge is 1.99. The number of benzene rings is 2. The summed E-state index contributed by atoms with van der Waals surface area (Å²) in [5, 5.41) is 3.41. The lowest BCUT2D eigenvalue weighted by Crippen LogP contribution is -2.07. The molecule has 0 amide bonds. The van der Waals surface area contributed by atoms with E-state index in [0.29, 0.717) is 39.6 Å². The fraction of sp³-hybridized carbons (Fsp3) is 0.429. The molecule has 0 spiro atoms. The average molecular weight is 359 g/mol. The molecule has 0 bridgehead atoms. The SMILES string of the molecule is CCOCCOc1ccc(NCc2cccc(OCCOCC)c2)cc1. The molecule has 1 N–H and O–H groups in total. The van der Waals surface area contributed by atoms with Gasteiger partial charge in [-0.3, -0.25) is 0 Å². The summed E-state index contributed by atoms with van der Waals surface area (Å²) in [4.78, 5) is 0. The Labute approximate surface area is 156 Å². The van der Waals surface area contributed by atoms with E-state index < -0.39 is 0 Å². The molecule has 0 heterocycles. The van der Waals surface area contributed by atoms with Gasteiger partial charge in [0.25, 0.3) is 0 Å². The Bertz CT molecular complexity index is 616. The molecule has 0 saturated carbocycles. The zero-order valence-electron chi connectivity index (χ0n) is 15.7. The van der Waals surface area contributed by atoms with E-state index in [1.54, 1.807) is 0 Å². The van der Waals surface area contributed by atoms with E-state index in [1.807, 2.05) is 56.3 Å². The zero-order valence-corrected chi connectivity index (χ0v) is 15.7. The fourth-order valence-corrected chi connectivity index (χ4v) is 2.34. The number of ether oxygens (including phenoxy) is 4. The van der Waals surface area contributed by atoms with Crippen molar-refractivity contribution in [2.24, 2.45) is 0 Å². The van der Waals surface area contributed by atoms with Gasteiger partial charge in [-0.15, -0.1) is 0 Å². The molecule has 5 nitrogen and oxygen atoms in total. The molecular weight excluding hydrogens is 330 g/mol. The summed E-state index contributed by atoms with van der Waals surface area (Å²) in [6.07, 6.45) is 0. The monoisotopic (exact) mass is 359 g/mol. The molecule has 5 heteroatoms. The largest absolute Gasteiger partial charge is 0.491 e. The third-order valence-electron chi connectivity index (χ3n) is 3.65. The van der Waals surface area contributed by atoms with Crippen LogP contribution in [0.4, 0.5) is 5.69 Å². The van der Waals surface area contributed by atoms with Gasteiger partial charge in [0.1, 0.15) is 24.7 Å². The Balaban J connectivity index is 1.75. The van der Waals surface area contributed by atoms with Crippen molar-refractivity contribution >= 4 is 5.69 Å². The van der Waals surface area contributed by atoms with Crippen molar-refractivity contribution in [1.29, 1.82) is 0 Å². The maximum absolute atomic E-state index is 5.69. The maximum atomic E-state index is 5.69. The van der Waals surface area contributed by atoms with E-state index >= 15 is 0 Å². The predicted molar refractivity (Wildman–Crippen MR) is 104 cm³/mol. The first-order chi connectivity index (χ1) is 12.8. The minimum absolute atomic E-state index is 0.565. The summed E-state index contributed by atoms with van der Waals surface area (Å²) >= 11 is 0. The van der Waals surface area contributed by atoms with Gasteiger partial charge in [-0.1, -0.05) is 12.1 Å². The second-order valence-electron chi connectivity index (χ2n) is 5.62. The Hall–Kier alpha value is -2.24. The molecule has 2 aromatic rings. The first-order valence-electron chi connectivity index (χ1n) is 9.15. The highest BCUT2D eigenvalue weighted by atomic mass is 16.5. The second-order valence-corrected chi connectivity index (χ2v) is 5.62. The van der Waals surface area contributed by atoms with Gasteiger partial charge in [0, 0.05) is 25.4 Å². The molecule has 0 aromatic heterocycles. The zero-order chi connectivity index (χ0) is 18.5. The van der Waals surface area contributed by atoms with Crippen LogP contribution in [0.2, 0.25) is 0 Å². The summed E-state index contributed by atoms with van der Waals surface area (Å²) in [6, 6.07) is 16.0. The molecule has 142 valence electrons. The van der Waals surface area contributed by atoms with Crippen LogP contribution in [0.5, 0.6) is 11.5 Å². The predicted octanol–water partition coefficient (Wildman–Crippen LogP) is 4.13. The third-order valence-corrected chi connectivity index (χ3v) is 3.65. The van der Waals surface area contributed by atoms with Crippen molar-refractivity contribution in [3.8, 4) is 11.5 Å². The molecule has 0 atom stereocenters. The fourth-order valence-electron chi connectivity index (χ4n) is 2.34. The average Bonchev–Trinajstić information content (AvgIpc) is 2.68. The van der Waals surface area contributed by atoms with Gasteiger partial charge in [-0.25, -0.2) is 0 Å². The quantitative estimate of drug-likeness (QED) is 0.545. The van der Waals surface area contributed by atoms with Crippen molar-refractivity contribution < 1.29 is 18.9 Å². The van der Waals surface area contributed by atoms with Crippen LogP contribution >= 0.6 is 0 Å². The normalized spacial score (nSPS) is 10.5. The lowest BCUT2D eigenvalue weighted by molar-refractivity contribution is 0.110. The molecule has 0 aliphatic heterocycles. The van der Waals surface area contributed by atoms with Gasteiger partial charge in [-0.2, -0.15) is 0 Å². The Kier molecular flexibility index (Phi) is 9.40. The third kappa shape index (κ3) is 7.76. The molecule has 2 rings (SSSR count). The topological polar surface area (TPSA) is 49.0 Å². The molecule has 0 radical (unpaired) electrons.